The topological polar surface area (TPSA) is 61.0 Å². The molecule has 3 rings (SSSR count). The van der Waals surface area contributed by atoms with Crippen molar-refractivity contribution in [2.75, 3.05) is 12.8 Å². The summed E-state index contributed by atoms with van der Waals surface area (Å²) in [5.41, 5.74) is 8.60. The van der Waals surface area contributed by atoms with Crippen LogP contribution in [0.2, 0.25) is 0 Å². The molecule has 0 fully saturated rings. The summed E-state index contributed by atoms with van der Waals surface area (Å²) in [5, 5.41) is 0.538. The van der Waals surface area contributed by atoms with E-state index in [0.29, 0.717) is 5.13 Å². The van der Waals surface area contributed by atoms with Crippen LogP contribution in [0.3, 0.4) is 0 Å². The number of anilines is 1. The number of nitrogens with zero attached hydrogens (tertiary/aromatic N) is 2. The first-order chi connectivity index (χ1) is 9.78. The molecule has 0 radical (unpaired) electrons. The van der Waals surface area contributed by atoms with Gasteiger partial charge in [-0.2, -0.15) is 0 Å². The average molecular weight is 283 g/mol. The van der Waals surface area contributed by atoms with Gasteiger partial charge in [-0.15, -0.1) is 0 Å². The Kier molecular flexibility index (Phi) is 3.35. The molecule has 2 N–H and O–H groups in total. The van der Waals surface area contributed by atoms with Gasteiger partial charge in [0.2, 0.25) is 0 Å². The number of hydrogen-bond acceptors (Lipinski definition) is 5. The van der Waals surface area contributed by atoms with Crippen LogP contribution in [0.5, 0.6) is 5.75 Å². The van der Waals surface area contributed by atoms with E-state index < -0.39 is 0 Å². The van der Waals surface area contributed by atoms with Crippen molar-refractivity contribution in [2.45, 2.75) is 0 Å². The van der Waals surface area contributed by atoms with Crippen LogP contribution in [-0.4, -0.2) is 17.1 Å². The summed E-state index contributed by atoms with van der Waals surface area (Å²) >= 11 is 1.45. The molecule has 0 bridgehead atoms. The zero-order valence-corrected chi connectivity index (χ0v) is 11.7. The van der Waals surface area contributed by atoms with Crippen molar-refractivity contribution in [2.24, 2.45) is 0 Å². The van der Waals surface area contributed by atoms with Gasteiger partial charge in [-0.25, -0.2) is 4.98 Å². The molecule has 0 saturated carbocycles. The number of ether oxygens (including phenoxy) is 1. The molecule has 2 heterocycles. The third-order valence-electron chi connectivity index (χ3n) is 2.90. The van der Waals surface area contributed by atoms with E-state index in [2.05, 4.69) is 9.97 Å². The third kappa shape index (κ3) is 2.35. The monoisotopic (exact) mass is 283 g/mol. The van der Waals surface area contributed by atoms with Gasteiger partial charge in [0.25, 0.3) is 0 Å². The Labute approximate surface area is 120 Å². The maximum Gasteiger partial charge on any atom is 0.181 e. The fraction of sp³-hybridized carbons (Fsp3) is 0.0667. The van der Waals surface area contributed by atoms with E-state index in [4.69, 9.17) is 10.5 Å². The number of methoxy groups -OCH3 is 1. The zero-order valence-electron chi connectivity index (χ0n) is 10.9. The van der Waals surface area contributed by atoms with Gasteiger partial charge in [0.05, 0.1) is 23.4 Å². The molecule has 0 aliphatic rings. The highest BCUT2D eigenvalue weighted by molar-refractivity contribution is 7.19. The second-order valence-corrected chi connectivity index (χ2v) is 5.20. The molecule has 0 aliphatic heterocycles. The fourth-order valence-corrected chi connectivity index (χ4v) is 2.78. The second-order valence-electron chi connectivity index (χ2n) is 4.17. The number of pyridine rings is 1. The molecule has 1 aromatic carbocycles. The van der Waals surface area contributed by atoms with Crippen LogP contribution in [0, 0.1) is 0 Å². The lowest BCUT2D eigenvalue weighted by Crippen LogP contribution is -1.87. The highest BCUT2D eigenvalue weighted by Gasteiger charge is 2.14. The molecule has 4 nitrogen and oxygen atoms in total. The molecule has 0 amide bonds. The van der Waals surface area contributed by atoms with Crippen molar-refractivity contribution in [3.05, 3.63) is 48.7 Å². The number of rotatable bonds is 3. The Balaban J connectivity index is 2.09. The van der Waals surface area contributed by atoms with Crippen LogP contribution in [-0.2, 0) is 0 Å². The Morgan fingerprint density at radius 1 is 1.10 bits per heavy atom. The molecule has 0 atom stereocenters. The van der Waals surface area contributed by atoms with Crippen molar-refractivity contribution in [1.82, 2.24) is 9.97 Å². The van der Waals surface area contributed by atoms with Gasteiger partial charge < -0.3 is 10.5 Å². The molecule has 2 aromatic heterocycles. The summed E-state index contributed by atoms with van der Waals surface area (Å²) in [6, 6.07) is 13.6. The first-order valence-corrected chi connectivity index (χ1v) is 6.91. The summed E-state index contributed by atoms with van der Waals surface area (Å²) < 4.78 is 5.17. The van der Waals surface area contributed by atoms with Crippen LogP contribution in [0.4, 0.5) is 5.13 Å². The highest BCUT2D eigenvalue weighted by Crippen LogP contribution is 2.37. The fourth-order valence-electron chi connectivity index (χ4n) is 1.95. The lowest BCUT2D eigenvalue weighted by molar-refractivity contribution is 0.415. The van der Waals surface area contributed by atoms with Gasteiger partial charge in [0.15, 0.2) is 5.13 Å². The Morgan fingerprint density at radius 2 is 1.90 bits per heavy atom. The van der Waals surface area contributed by atoms with E-state index >= 15 is 0 Å². The van der Waals surface area contributed by atoms with Crippen molar-refractivity contribution in [1.29, 1.82) is 0 Å². The highest BCUT2D eigenvalue weighted by atomic mass is 32.1. The van der Waals surface area contributed by atoms with Gasteiger partial charge in [-0.05, 0) is 36.4 Å². The SMILES string of the molecule is COc1ccc(-c2nc(N)sc2-c2ccccn2)cc1. The van der Waals surface area contributed by atoms with E-state index in [9.17, 15) is 0 Å². The molecule has 100 valence electrons. The van der Waals surface area contributed by atoms with E-state index in [-0.39, 0.29) is 0 Å². The minimum absolute atomic E-state index is 0.538. The second kappa shape index (κ2) is 5.30. The maximum atomic E-state index is 5.87. The molecular formula is C15H13N3OS. The molecule has 5 heteroatoms. The van der Waals surface area contributed by atoms with E-state index in [0.717, 1.165) is 27.6 Å². The Morgan fingerprint density at radius 3 is 2.55 bits per heavy atom. The number of benzene rings is 1. The number of hydrogen-bond donors (Lipinski definition) is 1. The molecule has 0 saturated heterocycles. The van der Waals surface area contributed by atoms with Crippen LogP contribution in [0.25, 0.3) is 21.8 Å². The predicted octanol–water partition coefficient (Wildman–Crippen LogP) is 3.46. The van der Waals surface area contributed by atoms with Crippen molar-refractivity contribution >= 4 is 16.5 Å². The summed E-state index contributed by atoms with van der Waals surface area (Å²) in [7, 11) is 1.65. The summed E-state index contributed by atoms with van der Waals surface area (Å²) in [6.45, 7) is 0. The number of thiazole rings is 1. The normalized spacial score (nSPS) is 10.4. The van der Waals surface area contributed by atoms with E-state index in [1.807, 2.05) is 42.5 Å². The quantitative estimate of drug-likeness (QED) is 0.799. The van der Waals surface area contributed by atoms with Crippen LogP contribution in [0.1, 0.15) is 0 Å². The molecule has 20 heavy (non-hydrogen) atoms. The van der Waals surface area contributed by atoms with Crippen molar-refractivity contribution in [3.8, 4) is 27.6 Å². The van der Waals surface area contributed by atoms with E-state index in [1.165, 1.54) is 11.3 Å². The van der Waals surface area contributed by atoms with Gasteiger partial charge in [-0.3, -0.25) is 4.98 Å². The zero-order chi connectivity index (χ0) is 13.9. The number of aromatic nitrogens is 2. The summed E-state index contributed by atoms with van der Waals surface area (Å²) in [6.07, 6.45) is 1.77. The average Bonchev–Trinajstić information content (AvgIpc) is 2.90. The predicted molar refractivity (Wildman–Crippen MR) is 81.7 cm³/mol. The van der Waals surface area contributed by atoms with E-state index in [1.54, 1.807) is 13.3 Å². The first kappa shape index (κ1) is 12.6. The lowest BCUT2D eigenvalue weighted by atomic mass is 10.1. The Bertz CT molecular complexity index is 708. The minimum Gasteiger partial charge on any atom is -0.497 e. The van der Waals surface area contributed by atoms with Gasteiger partial charge >= 0.3 is 0 Å². The minimum atomic E-state index is 0.538. The smallest absolute Gasteiger partial charge is 0.181 e. The molecule has 0 unspecified atom stereocenters. The largest absolute Gasteiger partial charge is 0.497 e. The molecule has 3 aromatic rings. The van der Waals surface area contributed by atoms with Crippen molar-refractivity contribution < 1.29 is 4.74 Å². The van der Waals surface area contributed by atoms with Crippen molar-refractivity contribution in [3.63, 3.8) is 0 Å². The molecule has 0 aliphatic carbocycles. The standard InChI is InChI=1S/C15H13N3OS/c1-19-11-7-5-10(6-8-11)13-14(20-15(16)18-13)12-4-2-3-9-17-12/h2-9H,1H3,(H2,16,18). The first-order valence-electron chi connectivity index (χ1n) is 6.10. The summed E-state index contributed by atoms with van der Waals surface area (Å²) in [4.78, 5) is 9.78. The van der Waals surface area contributed by atoms with Gasteiger partial charge in [0.1, 0.15) is 5.75 Å². The lowest BCUT2D eigenvalue weighted by Gasteiger charge is -2.03. The Hall–Kier alpha value is -2.40. The van der Waals surface area contributed by atoms with Crippen LogP contribution in [0.15, 0.2) is 48.7 Å². The maximum absolute atomic E-state index is 5.87. The van der Waals surface area contributed by atoms with Gasteiger partial charge in [-0.1, -0.05) is 17.4 Å². The third-order valence-corrected chi connectivity index (χ3v) is 3.81. The van der Waals surface area contributed by atoms with Gasteiger partial charge in [0, 0.05) is 11.8 Å². The van der Waals surface area contributed by atoms with Crippen LogP contribution < -0.4 is 10.5 Å². The molecular weight excluding hydrogens is 270 g/mol. The molecule has 0 spiro atoms. The summed E-state index contributed by atoms with van der Waals surface area (Å²) in [5.74, 6) is 0.816. The van der Waals surface area contributed by atoms with Crippen LogP contribution >= 0.6 is 11.3 Å². The number of nitrogens with two attached hydrogens (primary N) is 1. The number of nitrogen functional groups attached to an aromatic ring is 1.